The summed E-state index contributed by atoms with van der Waals surface area (Å²) in [4.78, 5) is 0. The van der Waals surface area contributed by atoms with Gasteiger partial charge in [-0.3, -0.25) is 0 Å². The highest BCUT2D eigenvalue weighted by Gasteiger charge is 2.23. The molecule has 0 bridgehead atoms. The fraction of sp³-hybridized carbons (Fsp3) is 1.00. The largest absolute Gasteiger partial charge is 0.347 e. The first-order valence-corrected chi connectivity index (χ1v) is 9.00. The Bertz CT molecular complexity index is 219. The molecule has 0 aromatic rings. The Hall–Kier alpha value is -0.0800. The fourth-order valence-electron chi connectivity index (χ4n) is 2.38. The summed E-state index contributed by atoms with van der Waals surface area (Å²) in [6.07, 6.45) is 11.7. The Labute approximate surface area is 134 Å². The highest BCUT2D eigenvalue weighted by molar-refractivity contribution is 4.66. The minimum atomic E-state index is -0.143. The van der Waals surface area contributed by atoms with Crippen molar-refractivity contribution in [3.05, 3.63) is 0 Å². The lowest BCUT2D eigenvalue weighted by Gasteiger charge is -2.32. The van der Waals surface area contributed by atoms with Crippen LogP contribution in [0, 0.1) is 0 Å². The van der Waals surface area contributed by atoms with Crippen LogP contribution in [0.2, 0.25) is 0 Å². The number of unbranched alkanes of at least 4 members (excludes halogenated alkanes) is 7. The summed E-state index contributed by atoms with van der Waals surface area (Å²) in [5, 5.41) is 0. The Balaban J connectivity index is 3.86. The summed E-state index contributed by atoms with van der Waals surface area (Å²) in [5.74, 6) is 0. The van der Waals surface area contributed by atoms with Gasteiger partial charge in [-0.2, -0.15) is 0 Å². The van der Waals surface area contributed by atoms with Crippen molar-refractivity contribution in [3.63, 3.8) is 0 Å². The molecule has 0 spiro atoms. The van der Waals surface area contributed by atoms with Gasteiger partial charge in [0.2, 0.25) is 0 Å². The number of ether oxygens (including phenoxy) is 2. The van der Waals surface area contributed by atoms with Gasteiger partial charge in [0.15, 0.2) is 6.29 Å². The highest BCUT2D eigenvalue weighted by Crippen LogP contribution is 2.22. The van der Waals surface area contributed by atoms with Gasteiger partial charge >= 0.3 is 0 Å². The van der Waals surface area contributed by atoms with Crippen LogP contribution in [0.3, 0.4) is 0 Å². The van der Waals surface area contributed by atoms with Crippen LogP contribution in [-0.4, -0.2) is 17.5 Å². The molecule has 0 amide bonds. The Morgan fingerprint density at radius 2 is 1.00 bits per heavy atom. The summed E-state index contributed by atoms with van der Waals surface area (Å²) in [7, 11) is 0. The van der Waals surface area contributed by atoms with E-state index in [4.69, 9.17) is 9.47 Å². The maximum absolute atomic E-state index is 6.05. The third-order valence-corrected chi connectivity index (χ3v) is 3.26. The van der Waals surface area contributed by atoms with Gasteiger partial charge in [0.1, 0.15) is 0 Å². The van der Waals surface area contributed by atoms with Gasteiger partial charge in [0, 0.05) is 0 Å². The zero-order chi connectivity index (χ0) is 16.4. The van der Waals surface area contributed by atoms with Gasteiger partial charge in [-0.15, -0.1) is 0 Å². The molecule has 0 aromatic carbocycles. The zero-order valence-corrected chi connectivity index (χ0v) is 15.8. The van der Waals surface area contributed by atoms with Crippen molar-refractivity contribution in [1.29, 1.82) is 0 Å². The van der Waals surface area contributed by atoms with E-state index in [1.54, 1.807) is 0 Å². The van der Waals surface area contributed by atoms with E-state index in [0.717, 1.165) is 6.42 Å². The van der Waals surface area contributed by atoms with Crippen LogP contribution in [0.5, 0.6) is 0 Å². The lowest BCUT2D eigenvalue weighted by molar-refractivity contribution is -0.236. The summed E-state index contributed by atoms with van der Waals surface area (Å²) in [6.45, 7) is 14.9. The molecule has 0 unspecified atom stereocenters. The molecule has 2 heteroatoms. The van der Waals surface area contributed by atoms with Gasteiger partial charge in [-0.1, -0.05) is 51.9 Å². The monoisotopic (exact) mass is 300 g/mol. The first-order chi connectivity index (χ1) is 9.64. The average molecular weight is 301 g/mol. The van der Waals surface area contributed by atoms with E-state index in [9.17, 15) is 0 Å². The summed E-state index contributed by atoms with van der Waals surface area (Å²) in [5.41, 5.74) is -0.286. The van der Waals surface area contributed by atoms with Crippen molar-refractivity contribution in [2.75, 3.05) is 0 Å². The number of hydrogen-bond donors (Lipinski definition) is 0. The molecule has 0 fully saturated rings. The van der Waals surface area contributed by atoms with Crippen LogP contribution < -0.4 is 0 Å². The van der Waals surface area contributed by atoms with Crippen LogP contribution in [0.4, 0.5) is 0 Å². The molecule has 0 aliphatic carbocycles. The molecule has 0 heterocycles. The van der Waals surface area contributed by atoms with Gasteiger partial charge in [-0.05, 0) is 54.4 Å². The maximum Gasteiger partial charge on any atom is 0.158 e. The van der Waals surface area contributed by atoms with Gasteiger partial charge < -0.3 is 9.47 Å². The van der Waals surface area contributed by atoms with Crippen molar-refractivity contribution in [3.8, 4) is 0 Å². The molecule has 0 N–H and O–H groups in total. The van der Waals surface area contributed by atoms with E-state index in [0.29, 0.717) is 0 Å². The molecular weight excluding hydrogens is 260 g/mol. The van der Waals surface area contributed by atoms with Crippen molar-refractivity contribution in [1.82, 2.24) is 0 Å². The molecule has 0 aliphatic heterocycles. The second kappa shape index (κ2) is 10.6. The van der Waals surface area contributed by atoms with Gasteiger partial charge in [0.25, 0.3) is 0 Å². The highest BCUT2D eigenvalue weighted by atomic mass is 16.7. The third-order valence-electron chi connectivity index (χ3n) is 3.26. The van der Waals surface area contributed by atoms with Crippen molar-refractivity contribution >= 4 is 0 Å². The topological polar surface area (TPSA) is 18.5 Å². The number of hydrogen-bond acceptors (Lipinski definition) is 2. The van der Waals surface area contributed by atoms with E-state index in [2.05, 4.69) is 48.5 Å². The van der Waals surface area contributed by atoms with Crippen LogP contribution in [0.15, 0.2) is 0 Å². The van der Waals surface area contributed by atoms with E-state index in [-0.39, 0.29) is 17.5 Å². The second-order valence-corrected chi connectivity index (χ2v) is 8.15. The van der Waals surface area contributed by atoms with E-state index in [1.165, 1.54) is 51.4 Å². The van der Waals surface area contributed by atoms with Crippen LogP contribution in [0.25, 0.3) is 0 Å². The second-order valence-electron chi connectivity index (χ2n) is 8.15. The molecule has 0 aliphatic rings. The zero-order valence-electron chi connectivity index (χ0n) is 15.8. The van der Waals surface area contributed by atoms with E-state index >= 15 is 0 Å². The van der Waals surface area contributed by atoms with Gasteiger partial charge in [0.05, 0.1) is 11.2 Å². The SMILES string of the molecule is CCCCCCCCCCC(OC(C)(C)C)OC(C)(C)C. The number of rotatable bonds is 11. The van der Waals surface area contributed by atoms with E-state index in [1.807, 2.05) is 0 Å². The van der Waals surface area contributed by atoms with Crippen LogP contribution in [0.1, 0.15) is 106 Å². The first kappa shape index (κ1) is 20.9. The Kier molecular flexibility index (Phi) is 10.6. The summed E-state index contributed by atoms with van der Waals surface area (Å²) in [6, 6.07) is 0. The van der Waals surface area contributed by atoms with Crippen molar-refractivity contribution in [2.24, 2.45) is 0 Å². The fourth-order valence-corrected chi connectivity index (χ4v) is 2.38. The minimum Gasteiger partial charge on any atom is -0.347 e. The summed E-state index contributed by atoms with van der Waals surface area (Å²) < 4.78 is 12.1. The molecule has 0 atom stereocenters. The molecular formula is C19H40O2. The quantitative estimate of drug-likeness (QED) is 0.321. The van der Waals surface area contributed by atoms with Crippen LogP contribution >= 0.6 is 0 Å². The molecule has 0 saturated carbocycles. The smallest absolute Gasteiger partial charge is 0.158 e. The molecule has 0 aromatic heterocycles. The Morgan fingerprint density at radius 1 is 0.619 bits per heavy atom. The Morgan fingerprint density at radius 3 is 1.38 bits per heavy atom. The molecule has 21 heavy (non-hydrogen) atoms. The predicted molar refractivity (Wildman–Crippen MR) is 92.7 cm³/mol. The minimum absolute atomic E-state index is 0.0786. The van der Waals surface area contributed by atoms with Gasteiger partial charge in [-0.25, -0.2) is 0 Å². The lowest BCUT2D eigenvalue weighted by atomic mass is 10.1. The van der Waals surface area contributed by atoms with E-state index < -0.39 is 0 Å². The van der Waals surface area contributed by atoms with Crippen LogP contribution in [-0.2, 0) is 9.47 Å². The van der Waals surface area contributed by atoms with Crippen molar-refractivity contribution < 1.29 is 9.47 Å². The normalized spacial score (nSPS) is 13.1. The average Bonchev–Trinajstić information content (AvgIpc) is 2.28. The lowest BCUT2D eigenvalue weighted by Crippen LogP contribution is -2.35. The predicted octanol–water partition coefficient (Wildman–Crippen LogP) is 6.47. The summed E-state index contributed by atoms with van der Waals surface area (Å²) >= 11 is 0. The maximum atomic E-state index is 6.05. The standard InChI is InChI=1S/C19H40O2/c1-8-9-10-11-12-13-14-15-16-17(20-18(2,3)4)21-19(5,6)7/h17H,8-16H2,1-7H3. The molecule has 2 nitrogen and oxygen atoms in total. The third kappa shape index (κ3) is 16.1. The molecule has 128 valence electrons. The van der Waals surface area contributed by atoms with Crippen molar-refractivity contribution in [2.45, 2.75) is 124 Å². The molecule has 0 saturated heterocycles. The molecule has 0 radical (unpaired) electrons. The first-order valence-electron chi connectivity index (χ1n) is 9.00. The molecule has 0 rings (SSSR count).